The zero-order chi connectivity index (χ0) is 19.7. The Morgan fingerprint density at radius 1 is 1.00 bits per heavy atom. The molecule has 8 heteroatoms. The number of hydrogen-bond donors (Lipinski definition) is 0. The molecule has 0 amide bonds. The molecule has 0 spiro atoms. The first kappa shape index (κ1) is 19.6. The van der Waals surface area contributed by atoms with Crippen LogP contribution in [-0.2, 0) is 10.0 Å². The van der Waals surface area contributed by atoms with Crippen molar-refractivity contribution in [2.45, 2.75) is 11.8 Å². The standard InChI is InChI=1S/C20H20BrN3O2S2/c1-15-4-2-3-5-18(15)19-14-27-20(22-19)23-10-12-24(13-11-23)28(25,26)17-8-6-16(21)7-9-17/h2-9,14H,10-13H2,1H3. The predicted octanol–water partition coefficient (Wildman–Crippen LogP) is 4.39. The third kappa shape index (κ3) is 3.87. The number of nitrogens with zero attached hydrogens (tertiary/aromatic N) is 3. The van der Waals surface area contributed by atoms with E-state index < -0.39 is 10.0 Å². The van der Waals surface area contributed by atoms with Gasteiger partial charge < -0.3 is 4.90 Å². The first-order valence-corrected chi connectivity index (χ1v) is 12.1. The Hall–Kier alpha value is -1.74. The topological polar surface area (TPSA) is 53.5 Å². The zero-order valence-electron chi connectivity index (χ0n) is 15.4. The molecule has 2 aromatic carbocycles. The Labute approximate surface area is 177 Å². The molecule has 146 valence electrons. The summed E-state index contributed by atoms with van der Waals surface area (Å²) in [4.78, 5) is 7.29. The lowest BCUT2D eigenvalue weighted by molar-refractivity contribution is 0.385. The van der Waals surface area contributed by atoms with E-state index in [1.54, 1.807) is 39.9 Å². The van der Waals surface area contributed by atoms with Crippen molar-refractivity contribution >= 4 is 42.4 Å². The summed E-state index contributed by atoms with van der Waals surface area (Å²) in [5.41, 5.74) is 3.31. The van der Waals surface area contributed by atoms with Gasteiger partial charge in [0.15, 0.2) is 5.13 Å². The lowest BCUT2D eigenvalue weighted by Crippen LogP contribution is -2.48. The molecule has 3 aromatic rings. The van der Waals surface area contributed by atoms with Gasteiger partial charge in [-0.3, -0.25) is 0 Å². The Morgan fingerprint density at radius 3 is 2.36 bits per heavy atom. The number of aryl methyl sites for hydroxylation is 1. The highest BCUT2D eigenvalue weighted by atomic mass is 79.9. The number of anilines is 1. The van der Waals surface area contributed by atoms with E-state index in [0.717, 1.165) is 20.9 Å². The summed E-state index contributed by atoms with van der Waals surface area (Å²) >= 11 is 4.95. The predicted molar refractivity (Wildman–Crippen MR) is 117 cm³/mol. The van der Waals surface area contributed by atoms with E-state index in [9.17, 15) is 8.42 Å². The number of aromatic nitrogens is 1. The second kappa shape index (κ2) is 7.94. The van der Waals surface area contributed by atoms with Crippen LogP contribution in [0.15, 0.2) is 63.3 Å². The van der Waals surface area contributed by atoms with Crippen molar-refractivity contribution in [2.75, 3.05) is 31.1 Å². The minimum Gasteiger partial charge on any atom is -0.345 e. The first-order valence-electron chi connectivity index (χ1n) is 8.97. The molecule has 4 rings (SSSR count). The Bertz CT molecular complexity index is 1070. The molecule has 0 radical (unpaired) electrons. The summed E-state index contributed by atoms with van der Waals surface area (Å²) in [5.74, 6) is 0. The summed E-state index contributed by atoms with van der Waals surface area (Å²) in [6.45, 7) is 4.27. The van der Waals surface area contributed by atoms with Crippen molar-refractivity contribution in [3.8, 4) is 11.3 Å². The maximum Gasteiger partial charge on any atom is 0.243 e. The highest BCUT2D eigenvalue weighted by molar-refractivity contribution is 9.10. The fourth-order valence-electron chi connectivity index (χ4n) is 3.27. The number of benzene rings is 2. The molecular formula is C20H20BrN3O2S2. The van der Waals surface area contributed by atoms with Crippen molar-refractivity contribution in [1.29, 1.82) is 0 Å². The van der Waals surface area contributed by atoms with Gasteiger partial charge in [0.2, 0.25) is 10.0 Å². The molecule has 0 bridgehead atoms. The van der Waals surface area contributed by atoms with E-state index in [1.807, 2.05) is 12.1 Å². The maximum absolute atomic E-state index is 12.8. The lowest BCUT2D eigenvalue weighted by atomic mass is 10.1. The average Bonchev–Trinajstić information content (AvgIpc) is 3.19. The minimum absolute atomic E-state index is 0.334. The second-order valence-corrected chi connectivity index (χ2v) is 10.4. The quantitative estimate of drug-likeness (QED) is 0.558. The average molecular weight is 478 g/mol. The summed E-state index contributed by atoms with van der Waals surface area (Å²) in [6, 6.07) is 15.0. The van der Waals surface area contributed by atoms with Crippen LogP contribution in [0, 0.1) is 6.92 Å². The van der Waals surface area contributed by atoms with Gasteiger partial charge in [-0.15, -0.1) is 11.3 Å². The molecule has 0 N–H and O–H groups in total. The van der Waals surface area contributed by atoms with Crippen LogP contribution >= 0.6 is 27.3 Å². The van der Waals surface area contributed by atoms with E-state index >= 15 is 0 Å². The zero-order valence-corrected chi connectivity index (χ0v) is 18.6. The van der Waals surface area contributed by atoms with E-state index in [0.29, 0.717) is 31.1 Å². The smallest absolute Gasteiger partial charge is 0.243 e. The fraction of sp³-hybridized carbons (Fsp3) is 0.250. The summed E-state index contributed by atoms with van der Waals surface area (Å²) < 4.78 is 28.1. The van der Waals surface area contributed by atoms with Gasteiger partial charge >= 0.3 is 0 Å². The molecule has 0 unspecified atom stereocenters. The van der Waals surface area contributed by atoms with Gasteiger partial charge in [0.25, 0.3) is 0 Å². The molecule has 2 heterocycles. The SMILES string of the molecule is Cc1ccccc1-c1csc(N2CCN(S(=O)(=O)c3ccc(Br)cc3)CC2)n1. The molecular weight excluding hydrogens is 458 g/mol. The highest BCUT2D eigenvalue weighted by Gasteiger charge is 2.29. The van der Waals surface area contributed by atoms with Crippen LogP contribution in [0.5, 0.6) is 0 Å². The van der Waals surface area contributed by atoms with E-state index in [4.69, 9.17) is 4.98 Å². The second-order valence-electron chi connectivity index (χ2n) is 6.68. The van der Waals surface area contributed by atoms with Gasteiger partial charge in [0, 0.05) is 41.6 Å². The third-order valence-corrected chi connectivity index (χ3v) is 8.22. The van der Waals surface area contributed by atoms with Crippen LogP contribution in [0.2, 0.25) is 0 Å². The highest BCUT2D eigenvalue weighted by Crippen LogP contribution is 2.30. The molecule has 0 saturated carbocycles. The van der Waals surface area contributed by atoms with Crippen LogP contribution in [-0.4, -0.2) is 43.9 Å². The number of rotatable bonds is 4. The lowest BCUT2D eigenvalue weighted by Gasteiger charge is -2.33. The van der Waals surface area contributed by atoms with Crippen LogP contribution in [0.25, 0.3) is 11.3 Å². The molecule has 1 aliphatic rings. The van der Waals surface area contributed by atoms with Gasteiger partial charge in [-0.05, 0) is 36.8 Å². The fourth-order valence-corrected chi connectivity index (χ4v) is 5.83. The van der Waals surface area contributed by atoms with E-state index in [1.165, 1.54) is 5.56 Å². The molecule has 1 aromatic heterocycles. The van der Waals surface area contributed by atoms with Gasteiger partial charge in [-0.2, -0.15) is 4.31 Å². The third-order valence-electron chi connectivity index (χ3n) is 4.87. The minimum atomic E-state index is -3.46. The van der Waals surface area contributed by atoms with Crippen LogP contribution in [0.1, 0.15) is 5.56 Å². The number of piperazine rings is 1. The maximum atomic E-state index is 12.8. The summed E-state index contributed by atoms with van der Waals surface area (Å²) in [7, 11) is -3.46. The number of thiazole rings is 1. The molecule has 0 atom stereocenters. The van der Waals surface area contributed by atoms with Crippen LogP contribution in [0.3, 0.4) is 0 Å². The van der Waals surface area contributed by atoms with Crippen LogP contribution < -0.4 is 4.90 Å². The van der Waals surface area contributed by atoms with E-state index in [-0.39, 0.29) is 0 Å². The Balaban J connectivity index is 1.46. The Kier molecular flexibility index (Phi) is 5.55. The van der Waals surface area contributed by atoms with Gasteiger partial charge in [-0.25, -0.2) is 13.4 Å². The molecule has 1 fully saturated rings. The molecule has 28 heavy (non-hydrogen) atoms. The summed E-state index contributed by atoms with van der Waals surface area (Å²) in [6.07, 6.45) is 0. The van der Waals surface area contributed by atoms with Gasteiger partial charge in [0.1, 0.15) is 0 Å². The van der Waals surface area contributed by atoms with Gasteiger partial charge in [-0.1, -0.05) is 40.2 Å². The number of hydrogen-bond acceptors (Lipinski definition) is 5. The molecule has 1 aliphatic heterocycles. The molecule has 5 nitrogen and oxygen atoms in total. The number of sulfonamides is 1. The van der Waals surface area contributed by atoms with Crippen molar-refractivity contribution in [2.24, 2.45) is 0 Å². The first-order chi connectivity index (χ1) is 13.4. The number of halogens is 1. The monoisotopic (exact) mass is 477 g/mol. The van der Waals surface area contributed by atoms with Crippen molar-refractivity contribution < 1.29 is 8.42 Å². The van der Waals surface area contributed by atoms with Crippen LogP contribution in [0.4, 0.5) is 5.13 Å². The Morgan fingerprint density at radius 2 is 1.68 bits per heavy atom. The molecule has 0 aliphatic carbocycles. The molecule has 1 saturated heterocycles. The largest absolute Gasteiger partial charge is 0.345 e. The van der Waals surface area contributed by atoms with Crippen molar-refractivity contribution in [3.05, 3.63) is 63.9 Å². The van der Waals surface area contributed by atoms with Gasteiger partial charge in [0.05, 0.1) is 10.6 Å². The van der Waals surface area contributed by atoms with Crippen molar-refractivity contribution in [1.82, 2.24) is 9.29 Å². The van der Waals surface area contributed by atoms with Crippen molar-refractivity contribution in [3.63, 3.8) is 0 Å². The summed E-state index contributed by atoms with van der Waals surface area (Å²) in [5, 5.41) is 3.02. The van der Waals surface area contributed by atoms with E-state index in [2.05, 4.69) is 45.3 Å². The normalized spacial score (nSPS) is 15.7.